The van der Waals surface area contributed by atoms with E-state index in [2.05, 4.69) is 34.6 Å². The first-order valence-electron chi connectivity index (χ1n) is 16.5. The summed E-state index contributed by atoms with van der Waals surface area (Å²) in [7, 11) is 0. The van der Waals surface area contributed by atoms with Crippen molar-refractivity contribution >= 4 is 23.4 Å². The van der Waals surface area contributed by atoms with Crippen LogP contribution in [0.4, 0.5) is 5.69 Å². The molecule has 1 unspecified atom stereocenters. The number of benzene rings is 1. The lowest BCUT2D eigenvalue weighted by molar-refractivity contribution is -0.159. The second-order valence-electron chi connectivity index (χ2n) is 14.8. The van der Waals surface area contributed by atoms with Crippen LogP contribution in [-0.2, 0) is 19.1 Å². The Morgan fingerprint density at radius 2 is 1.60 bits per heavy atom. The smallest absolute Gasteiger partial charge is 0.249 e. The number of likely N-dealkylation sites (tertiary alicyclic amines) is 1. The molecule has 0 bridgehead atoms. The lowest BCUT2D eigenvalue weighted by Crippen LogP contribution is -2.62. The van der Waals surface area contributed by atoms with E-state index in [1.165, 1.54) is 0 Å². The maximum absolute atomic E-state index is 14.9. The number of nitrogens with zero attached hydrogens (tertiary/aromatic N) is 3. The average molecular weight is 622 g/mol. The van der Waals surface area contributed by atoms with E-state index in [1.807, 2.05) is 74.2 Å². The number of hydrogen-bond acceptors (Lipinski definition) is 6. The summed E-state index contributed by atoms with van der Waals surface area (Å²) in [6.45, 7) is 17.3. The van der Waals surface area contributed by atoms with Crippen LogP contribution in [0.5, 0.6) is 5.75 Å². The van der Waals surface area contributed by atoms with E-state index in [0.29, 0.717) is 44.0 Å². The lowest BCUT2D eigenvalue weighted by Gasteiger charge is -2.45. The van der Waals surface area contributed by atoms with Gasteiger partial charge in [0.1, 0.15) is 17.4 Å². The van der Waals surface area contributed by atoms with Gasteiger partial charge in [-0.2, -0.15) is 0 Å². The van der Waals surface area contributed by atoms with E-state index in [1.54, 1.807) is 9.80 Å². The van der Waals surface area contributed by atoms with Crippen LogP contribution in [0.2, 0.25) is 0 Å². The molecule has 1 spiro atoms. The zero-order valence-electron chi connectivity index (χ0n) is 28.2. The van der Waals surface area contributed by atoms with Gasteiger partial charge in [0.05, 0.1) is 36.7 Å². The van der Waals surface area contributed by atoms with Crippen molar-refractivity contribution in [2.75, 3.05) is 31.2 Å². The fourth-order valence-corrected chi connectivity index (χ4v) is 8.57. The van der Waals surface area contributed by atoms with Crippen molar-refractivity contribution in [2.24, 2.45) is 17.3 Å². The summed E-state index contributed by atoms with van der Waals surface area (Å²) in [6.07, 6.45) is 9.38. The molecular formula is C36H51N3O6. The zero-order chi connectivity index (χ0) is 32.9. The highest BCUT2D eigenvalue weighted by Gasteiger charge is 2.76. The SMILES string of the molecule is CCOc1ccc(N2CC=C[C@@]3(CC)O[C@]45C=CCN(C(C)(C)CC(C)(C)C)C(=O)C4N([C@@H](CC)CO)C(=O)[C@@H]5[C@H]3C2=O)cc1. The molecule has 0 aliphatic carbocycles. The van der Waals surface area contributed by atoms with Crippen LogP contribution in [-0.4, -0.2) is 87.8 Å². The van der Waals surface area contributed by atoms with E-state index in [4.69, 9.17) is 9.47 Å². The summed E-state index contributed by atoms with van der Waals surface area (Å²) in [4.78, 5) is 49.6. The van der Waals surface area contributed by atoms with Gasteiger partial charge in [-0.3, -0.25) is 14.4 Å². The summed E-state index contributed by atoms with van der Waals surface area (Å²) in [6, 6.07) is 5.79. The number of aliphatic hydroxyl groups excluding tert-OH is 1. The molecule has 0 aromatic heterocycles. The first-order valence-corrected chi connectivity index (χ1v) is 16.5. The molecule has 4 aliphatic rings. The molecule has 1 aromatic carbocycles. The maximum atomic E-state index is 14.9. The Hall–Kier alpha value is -3.17. The molecule has 3 amide bonds. The molecule has 6 atom stereocenters. The van der Waals surface area contributed by atoms with Crippen LogP contribution in [0.15, 0.2) is 48.6 Å². The van der Waals surface area contributed by atoms with Crippen molar-refractivity contribution in [1.29, 1.82) is 0 Å². The third-order valence-electron chi connectivity index (χ3n) is 10.1. The van der Waals surface area contributed by atoms with E-state index < -0.39 is 40.7 Å². The highest BCUT2D eigenvalue weighted by molar-refractivity contribution is 6.04. The second-order valence-corrected chi connectivity index (χ2v) is 14.8. The Bertz CT molecular complexity index is 1360. The molecule has 9 heteroatoms. The highest BCUT2D eigenvalue weighted by atomic mass is 16.5. The van der Waals surface area contributed by atoms with Crippen LogP contribution in [0, 0.1) is 17.3 Å². The zero-order valence-corrected chi connectivity index (χ0v) is 28.2. The van der Waals surface area contributed by atoms with Gasteiger partial charge in [-0.25, -0.2) is 0 Å². The van der Waals surface area contributed by atoms with Gasteiger partial charge in [-0.15, -0.1) is 0 Å². The molecule has 1 N–H and O–H groups in total. The molecule has 0 saturated carbocycles. The third kappa shape index (κ3) is 5.39. The fraction of sp³-hybridized carbons (Fsp3) is 0.639. The summed E-state index contributed by atoms with van der Waals surface area (Å²) in [5.41, 5.74) is -2.32. The summed E-state index contributed by atoms with van der Waals surface area (Å²) >= 11 is 0. The van der Waals surface area contributed by atoms with Gasteiger partial charge in [0.2, 0.25) is 17.7 Å². The number of rotatable bonds is 9. The minimum absolute atomic E-state index is 0.0485. The number of carbonyl (C=O) groups excluding carboxylic acids is 3. The first kappa shape index (κ1) is 33.2. The number of hydrogen-bond donors (Lipinski definition) is 1. The second kappa shape index (κ2) is 11.9. The molecule has 2 saturated heterocycles. The summed E-state index contributed by atoms with van der Waals surface area (Å²) in [5, 5.41) is 10.5. The molecule has 246 valence electrons. The van der Waals surface area contributed by atoms with Gasteiger partial charge in [-0.05, 0) is 69.7 Å². The van der Waals surface area contributed by atoms with Crippen molar-refractivity contribution in [3.05, 3.63) is 48.6 Å². The van der Waals surface area contributed by atoms with Crippen LogP contribution in [0.1, 0.15) is 74.7 Å². The molecular weight excluding hydrogens is 570 g/mol. The Kier molecular flexibility index (Phi) is 8.77. The molecule has 0 radical (unpaired) electrons. The van der Waals surface area contributed by atoms with Crippen molar-refractivity contribution in [3.63, 3.8) is 0 Å². The van der Waals surface area contributed by atoms with Gasteiger partial charge in [0.25, 0.3) is 0 Å². The third-order valence-corrected chi connectivity index (χ3v) is 10.1. The standard InChI is InChI=1S/C36H51N3O6/c1-9-24(22-40)39-29-32(43)38(34(7,8)23-33(4,5)6)21-13-19-36(29)28(31(39)42)27-30(41)37(20-12-18-35(27,10-2)45-36)25-14-16-26(17-15-25)44-11-3/h12-19,24,27-29,40H,9-11,20-23H2,1-8H3/t24-,27-,28-,29?,35+,36-/m0/s1. The number of carbonyl (C=O) groups is 3. The number of anilines is 1. The van der Waals surface area contributed by atoms with Gasteiger partial charge in [0, 0.05) is 24.3 Å². The first-order chi connectivity index (χ1) is 21.2. The van der Waals surface area contributed by atoms with Crippen molar-refractivity contribution in [2.45, 2.75) is 103 Å². The Balaban J connectivity index is 1.64. The molecule has 4 aliphatic heterocycles. The Labute approximate surface area is 268 Å². The molecule has 1 aromatic rings. The highest BCUT2D eigenvalue weighted by Crippen LogP contribution is 2.59. The number of aliphatic hydroxyl groups is 1. The minimum atomic E-state index is -1.37. The van der Waals surface area contributed by atoms with Crippen molar-refractivity contribution in [3.8, 4) is 5.75 Å². The number of fused-ring (bicyclic) bond motifs is 2. The van der Waals surface area contributed by atoms with E-state index >= 15 is 0 Å². The van der Waals surface area contributed by atoms with Crippen molar-refractivity contribution in [1.82, 2.24) is 9.80 Å². The van der Waals surface area contributed by atoms with Crippen LogP contribution in [0.3, 0.4) is 0 Å². The monoisotopic (exact) mass is 621 g/mol. The van der Waals surface area contributed by atoms with Gasteiger partial charge in [0.15, 0.2) is 0 Å². The molecule has 45 heavy (non-hydrogen) atoms. The maximum Gasteiger partial charge on any atom is 0.249 e. The normalized spacial score (nSPS) is 30.6. The fourth-order valence-electron chi connectivity index (χ4n) is 8.57. The molecule has 2 fully saturated rings. The summed E-state index contributed by atoms with van der Waals surface area (Å²) in [5.74, 6) is -1.83. The Morgan fingerprint density at radius 3 is 2.18 bits per heavy atom. The van der Waals surface area contributed by atoms with Crippen LogP contribution >= 0.6 is 0 Å². The average Bonchev–Trinajstić information content (AvgIpc) is 3.26. The summed E-state index contributed by atoms with van der Waals surface area (Å²) < 4.78 is 12.7. The molecule has 9 nitrogen and oxygen atoms in total. The lowest BCUT2D eigenvalue weighted by atomic mass is 9.72. The van der Waals surface area contributed by atoms with Gasteiger partial charge >= 0.3 is 0 Å². The van der Waals surface area contributed by atoms with E-state index in [-0.39, 0.29) is 29.7 Å². The van der Waals surface area contributed by atoms with Crippen LogP contribution < -0.4 is 9.64 Å². The predicted molar refractivity (Wildman–Crippen MR) is 174 cm³/mol. The van der Waals surface area contributed by atoms with Gasteiger partial charge in [-0.1, -0.05) is 58.9 Å². The number of ether oxygens (including phenoxy) is 2. The van der Waals surface area contributed by atoms with Crippen LogP contribution in [0.25, 0.3) is 0 Å². The number of amides is 3. The van der Waals surface area contributed by atoms with Crippen molar-refractivity contribution < 1.29 is 29.0 Å². The Morgan fingerprint density at radius 1 is 0.933 bits per heavy atom. The minimum Gasteiger partial charge on any atom is -0.494 e. The van der Waals surface area contributed by atoms with E-state index in [0.717, 1.165) is 6.42 Å². The van der Waals surface area contributed by atoms with Gasteiger partial charge < -0.3 is 29.3 Å². The topological polar surface area (TPSA) is 99.6 Å². The largest absolute Gasteiger partial charge is 0.494 e. The van der Waals surface area contributed by atoms with E-state index in [9.17, 15) is 19.5 Å². The molecule has 5 rings (SSSR count). The quantitative estimate of drug-likeness (QED) is 0.401. The molecule has 4 heterocycles. The predicted octanol–water partition coefficient (Wildman–Crippen LogP) is 4.73.